The monoisotopic (exact) mass is 366 g/mol. The summed E-state index contributed by atoms with van der Waals surface area (Å²) in [5, 5.41) is 9.99. The molecule has 0 bridgehead atoms. The standard InChI is InChI=1S/C17H18N2O3S.ClH/c18-14(12-20)10-13-11-19(17-9-5-4-8-16(13)17)23(21,22)15-6-2-1-3-7-15;/h1-9,11,14,20H,10,12,18H2;1H. The number of hydrogen-bond acceptors (Lipinski definition) is 4. The van der Waals surface area contributed by atoms with Crippen molar-refractivity contribution in [1.82, 2.24) is 3.97 Å². The Kier molecular flexibility index (Phi) is 5.66. The van der Waals surface area contributed by atoms with E-state index < -0.39 is 16.1 Å². The van der Waals surface area contributed by atoms with Crippen molar-refractivity contribution < 1.29 is 13.5 Å². The highest BCUT2D eigenvalue weighted by molar-refractivity contribution is 7.90. The number of rotatable bonds is 5. The van der Waals surface area contributed by atoms with Gasteiger partial charge in [-0.1, -0.05) is 36.4 Å². The van der Waals surface area contributed by atoms with Crippen molar-refractivity contribution in [1.29, 1.82) is 0 Å². The number of para-hydroxylation sites is 1. The lowest BCUT2D eigenvalue weighted by atomic mass is 10.1. The van der Waals surface area contributed by atoms with Crippen LogP contribution in [-0.2, 0) is 16.4 Å². The molecule has 1 heterocycles. The highest BCUT2D eigenvalue weighted by Crippen LogP contribution is 2.26. The summed E-state index contributed by atoms with van der Waals surface area (Å²) >= 11 is 0. The summed E-state index contributed by atoms with van der Waals surface area (Å²) in [4.78, 5) is 0.235. The summed E-state index contributed by atoms with van der Waals surface area (Å²) in [7, 11) is -3.67. The zero-order valence-corrected chi connectivity index (χ0v) is 14.5. The third-order valence-electron chi connectivity index (χ3n) is 3.78. The molecule has 0 fully saturated rings. The second kappa shape index (κ2) is 7.36. The molecule has 24 heavy (non-hydrogen) atoms. The highest BCUT2D eigenvalue weighted by atomic mass is 35.5. The fourth-order valence-corrected chi connectivity index (χ4v) is 4.04. The van der Waals surface area contributed by atoms with Crippen molar-refractivity contribution in [3.8, 4) is 0 Å². The van der Waals surface area contributed by atoms with Gasteiger partial charge in [0.25, 0.3) is 10.0 Å². The van der Waals surface area contributed by atoms with Crippen molar-refractivity contribution in [2.45, 2.75) is 17.4 Å². The highest BCUT2D eigenvalue weighted by Gasteiger charge is 2.21. The van der Waals surface area contributed by atoms with Crippen LogP contribution in [0.4, 0.5) is 0 Å². The third kappa shape index (κ3) is 3.32. The lowest BCUT2D eigenvalue weighted by Gasteiger charge is -2.07. The van der Waals surface area contributed by atoms with Gasteiger partial charge in [-0.25, -0.2) is 12.4 Å². The molecule has 3 N–H and O–H groups in total. The average molecular weight is 367 g/mol. The van der Waals surface area contributed by atoms with Crippen LogP contribution in [0.15, 0.2) is 65.7 Å². The normalized spacial score (nSPS) is 12.8. The first-order chi connectivity index (χ1) is 11.0. The van der Waals surface area contributed by atoms with Gasteiger partial charge in [-0.15, -0.1) is 12.4 Å². The van der Waals surface area contributed by atoms with E-state index in [1.807, 2.05) is 12.1 Å². The van der Waals surface area contributed by atoms with Crippen molar-refractivity contribution in [2.24, 2.45) is 5.73 Å². The minimum atomic E-state index is -3.67. The maximum Gasteiger partial charge on any atom is 0.268 e. The van der Waals surface area contributed by atoms with Crippen LogP contribution in [0.5, 0.6) is 0 Å². The number of fused-ring (bicyclic) bond motifs is 1. The van der Waals surface area contributed by atoms with E-state index in [0.717, 1.165) is 10.9 Å². The van der Waals surface area contributed by atoms with E-state index in [-0.39, 0.29) is 23.9 Å². The van der Waals surface area contributed by atoms with Gasteiger partial charge in [-0.05, 0) is 30.2 Å². The zero-order valence-electron chi connectivity index (χ0n) is 12.9. The van der Waals surface area contributed by atoms with Crippen LogP contribution < -0.4 is 5.73 Å². The fraction of sp³-hybridized carbons (Fsp3) is 0.176. The lowest BCUT2D eigenvalue weighted by Crippen LogP contribution is -2.26. The van der Waals surface area contributed by atoms with Crippen molar-refractivity contribution in [3.05, 3.63) is 66.4 Å². The second-order valence-corrected chi connectivity index (χ2v) is 7.25. The largest absolute Gasteiger partial charge is 0.395 e. The minimum Gasteiger partial charge on any atom is -0.395 e. The predicted octanol–water partition coefficient (Wildman–Crippen LogP) is 2.16. The molecule has 0 radical (unpaired) electrons. The molecule has 5 nitrogen and oxygen atoms in total. The van der Waals surface area contributed by atoms with Crippen LogP contribution in [0.3, 0.4) is 0 Å². The molecule has 1 atom stereocenters. The number of aliphatic hydroxyl groups is 1. The predicted molar refractivity (Wildman–Crippen MR) is 97.0 cm³/mol. The molecule has 0 spiro atoms. The molecule has 0 amide bonds. The van der Waals surface area contributed by atoms with Gasteiger partial charge in [0.1, 0.15) is 0 Å². The van der Waals surface area contributed by atoms with E-state index in [4.69, 9.17) is 10.8 Å². The second-order valence-electron chi connectivity index (χ2n) is 5.43. The SMILES string of the molecule is Cl.NC(CO)Cc1cn(S(=O)(=O)c2ccccc2)c2ccccc12. The topological polar surface area (TPSA) is 85.3 Å². The van der Waals surface area contributed by atoms with E-state index in [1.54, 1.807) is 48.7 Å². The van der Waals surface area contributed by atoms with Crippen LogP contribution >= 0.6 is 12.4 Å². The Bertz CT molecular complexity index is 923. The maximum atomic E-state index is 12.9. The number of aromatic nitrogens is 1. The Morgan fingerprint density at radius 3 is 2.33 bits per heavy atom. The zero-order chi connectivity index (χ0) is 16.4. The summed E-state index contributed by atoms with van der Waals surface area (Å²) in [6.45, 7) is -0.148. The van der Waals surface area contributed by atoms with Gasteiger partial charge in [0.2, 0.25) is 0 Å². The van der Waals surface area contributed by atoms with Gasteiger partial charge in [-0.2, -0.15) is 0 Å². The molecule has 0 aliphatic rings. The summed E-state index contributed by atoms with van der Waals surface area (Å²) in [6.07, 6.45) is 2.01. The number of benzene rings is 2. The van der Waals surface area contributed by atoms with Gasteiger partial charge in [0, 0.05) is 17.6 Å². The molecule has 0 saturated carbocycles. The summed E-state index contributed by atoms with van der Waals surface area (Å²) in [5.41, 5.74) is 7.23. The first-order valence-corrected chi connectivity index (χ1v) is 8.74. The van der Waals surface area contributed by atoms with Gasteiger partial charge >= 0.3 is 0 Å². The molecule has 0 saturated heterocycles. The average Bonchev–Trinajstić information content (AvgIpc) is 2.95. The number of hydrogen-bond donors (Lipinski definition) is 2. The van der Waals surface area contributed by atoms with Crippen molar-refractivity contribution >= 4 is 33.3 Å². The Morgan fingerprint density at radius 2 is 1.67 bits per heavy atom. The summed E-state index contributed by atoms with van der Waals surface area (Å²) in [5.74, 6) is 0. The Labute approximate surface area is 147 Å². The van der Waals surface area contributed by atoms with E-state index in [1.165, 1.54) is 3.97 Å². The number of halogens is 1. The quantitative estimate of drug-likeness (QED) is 0.724. The molecule has 1 aromatic heterocycles. The molecule has 1 unspecified atom stereocenters. The van der Waals surface area contributed by atoms with Crippen LogP contribution in [0, 0.1) is 0 Å². The maximum absolute atomic E-state index is 12.9. The Morgan fingerprint density at radius 1 is 1.04 bits per heavy atom. The Hall–Kier alpha value is -1.86. The first-order valence-electron chi connectivity index (χ1n) is 7.30. The number of nitrogens with two attached hydrogens (primary N) is 1. The van der Waals surface area contributed by atoms with Gasteiger partial charge in [0.15, 0.2) is 0 Å². The van der Waals surface area contributed by atoms with Crippen LogP contribution in [0.2, 0.25) is 0 Å². The van der Waals surface area contributed by atoms with E-state index in [0.29, 0.717) is 11.9 Å². The number of nitrogens with zero attached hydrogens (tertiary/aromatic N) is 1. The molecular formula is C17H19ClN2O3S. The first kappa shape index (κ1) is 18.5. The fourth-order valence-electron chi connectivity index (χ4n) is 2.63. The van der Waals surface area contributed by atoms with E-state index in [9.17, 15) is 8.42 Å². The van der Waals surface area contributed by atoms with Crippen molar-refractivity contribution in [2.75, 3.05) is 6.61 Å². The molecule has 7 heteroatoms. The summed E-state index contributed by atoms with van der Waals surface area (Å²) < 4.78 is 27.1. The van der Waals surface area contributed by atoms with Crippen molar-refractivity contribution in [3.63, 3.8) is 0 Å². The number of aliphatic hydroxyl groups excluding tert-OH is 1. The van der Waals surface area contributed by atoms with Gasteiger partial charge in [-0.3, -0.25) is 0 Å². The third-order valence-corrected chi connectivity index (χ3v) is 5.47. The van der Waals surface area contributed by atoms with E-state index >= 15 is 0 Å². The molecule has 128 valence electrons. The minimum absolute atomic E-state index is 0. The summed E-state index contributed by atoms with van der Waals surface area (Å²) in [6, 6.07) is 15.2. The van der Waals surface area contributed by atoms with E-state index in [2.05, 4.69) is 0 Å². The van der Waals surface area contributed by atoms with Crippen LogP contribution in [-0.4, -0.2) is 30.1 Å². The molecule has 2 aromatic carbocycles. The molecular weight excluding hydrogens is 348 g/mol. The molecule has 3 aromatic rings. The van der Waals surface area contributed by atoms with Crippen LogP contribution in [0.1, 0.15) is 5.56 Å². The smallest absolute Gasteiger partial charge is 0.268 e. The molecule has 0 aliphatic carbocycles. The van der Waals surface area contributed by atoms with Crippen LogP contribution in [0.25, 0.3) is 10.9 Å². The molecule has 3 rings (SSSR count). The Balaban J connectivity index is 0.00000208. The molecule has 0 aliphatic heterocycles. The van der Waals surface area contributed by atoms with Gasteiger partial charge in [0.05, 0.1) is 17.0 Å². The van der Waals surface area contributed by atoms with Gasteiger partial charge < -0.3 is 10.8 Å². The lowest BCUT2D eigenvalue weighted by molar-refractivity contribution is 0.265.